The van der Waals surface area contributed by atoms with Crippen LogP contribution in [0.2, 0.25) is 0 Å². The Morgan fingerprint density at radius 3 is 2.47 bits per heavy atom. The molecule has 0 spiro atoms. The van der Waals surface area contributed by atoms with Crippen LogP contribution in [0.4, 0.5) is 0 Å². The first-order chi connectivity index (χ1) is 9.19. The molecule has 19 heavy (non-hydrogen) atoms. The summed E-state index contributed by atoms with van der Waals surface area (Å²) in [7, 11) is 0. The maximum Gasteiger partial charge on any atom is 0.225 e. The number of nitrogens with one attached hydrogen (secondary N) is 2. The summed E-state index contributed by atoms with van der Waals surface area (Å²) in [4.78, 5) is 12.1. The Morgan fingerprint density at radius 2 is 1.89 bits per heavy atom. The highest BCUT2D eigenvalue weighted by Gasteiger charge is 2.30. The summed E-state index contributed by atoms with van der Waals surface area (Å²) in [5, 5.41) is 6.78. The number of amides is 1. The SMILES string of the molecule is CCCNC1CCC(NC(=O)C2COC(C)C2)CC1. The van der Waals surface area contributed by atoms with Crippen LogP contribution in [-0.4, -0.2) is 37.2 Å². The number of rotatable bonds is 5. The third-order valence-corrected chi connectivity index (χ3v) is 4.33. The molecule has 1 heterocycles. The van der Waals surface area contributed by atoms with Gasteiger partial charge in [0.1, 0.15) is 0 Å². The predicted molar refractivity (Wildman–Crippen MR) is 76.0 cm³/mol. The largest absolute Gasteiger partial charge is 0.378 e. The highest BCUT2D eigenvalue weighted by molar-refractivity contribution is 5.79. The summed E-state index contributed by atoms with van der Waals surface area (Å²) in [6, 6.07) is 1.03. The second-order valence-electron chi connectivity index (χ2n) is 6.09. The van der Waals surface area contributed by atoms with Crippen molar-refractivity contribution in [2.24, 2.45) is 5.92 Å². The molecule has 1 amide bonds. The fourth-order valence-corrected chi connectivity index (χ4v) is 3.11. The smallest absolute Gasteiger partial charge is 0.225 e. The fourth-order valence-electron chi connectivity index (χ4n) is 3.11. The molecule has 4 heteroatoms. The minimum Gasteiger partial charge on any atom is -0.378 e. The Bertz CT molecular complexity index is 288. The van der Waals surface area contributed by atoms with E-state index in [0.29, 0.717) is 18.7 Å². The Kier molecular flexibility index (Phi) is 5.64. The van der Waals surface area contributed by atoms with E-state index in [1.165, 1.54) is 19.3 Å². The summed E-state index contributed by atoms with van der Waals surface area (Å²) in [5.74, 6) is 0.278. The van der Waals surface area contributed by atoms with Crippen LogP contribution in [0.3, 0.4) is 0 Å². The van der Waals surface area contributed by atoms with Gasteiger partial charge < -0.3 is 15.4 Å². The maximum atomic E-state index is 12.1. The van der Waals surface area contributed by atoms with Gasteiger partial charge in [0.2, 0.25) is 5.91 Å². The summed E-state index contributed by atoms with van der Waals surface area (Å²) in [6.45, 7) is 5.95. The van der Waals surface area contributed by atoms with E-state index in [1.54, 1.807) is 0 Å². The zero-order valence-electron chi connectivity index (χ0n) is 12.3. The van der Waals surface area contributed by atoms with E-state index in [1.807, 2.05) is 6.92 Å². The Hall–Kier alpha value is -0.610. The van der Waals surface area contributed by atoms with Gasteiger partial charge in [-0.1, -0.05) is 6.92 Å². The lowest BCUT2D eigenvalue weighted by atomic mass is 9.90. The molecular formula is C15H28N2O2. The molecule has 2 atom stereocenters. The van der Waals surface area contributed by atoms with Gasteiger partial charge in [0, 0.05) is 12.1 Å². The summed E-state index contributed by atoms with van der Waals surface area (Å²) < 4.78 is 5.47. The molecule has 1 aliphatic carbocycles. The first kappa shape index (κ1) is 14.8. The van der Waals surface area contributed by atoms with Crippen LogP contribution in [0.25, 0.3) is 0 Å². The molecule has 4 nitrogen and oxygen atoms in total. The summed E-state index contributed by atoms with van der Waals surface area (Å²) in [5.41, 5.74) is 0. The van der Waals surface area contributed by atoms with Gasteiger partial charge in [-0.3, -0.25) is 4.79 Å². The van der Waals surface area contributed by atoms with Crippen molar-refractivity contribution in [2.75, 3.05) is 13.2 Å². The Labute approximate surface area is 116 Å². The van der Waals surface area contributed by atoms with Gasteiger partial charge in [-0.15, -0.1) is 0 Å². The van der Waals surface area contributed by atoms with Crippen LogP contribution in [0, 0.1) is 5.92 Å². The lowest BCUT2D eigenvalue weighted by Gasteiger charge is -2.30. The first-order valence-electron chi connectivity index (χ1n) is 7.84. The molecule has 1 saturated heterocycles. The quantitative estimate of drug-likeness (QED) is 0.800. The van der Waals surface area contributed by atoms with Gasteiger partial charge in [0.05, 0.1) is 18.6 Å². The van der Waals surface area contributed by atoms with E-state index in [9.17, 15) is 4.79 Å². The van der Waals surface area contributed by atoms with E-state index in [0.717, 1.165) is 25.8 Å². The standard InChI is InChI=1S/C15H28N2O2/c1-3-8-16-13-4-6-14(7-5-13)17-15(18)12-9-11(2)19-10-12/h11-14,16H,3-10H2,1-2H3,(H,17,18). The normalized spacial score (nSPS) is 35.3. The number of hydrogen-bond donors (Lipinski definition) is 2. The average molecular weight is 268 g/mol. The summed E-state index contributed by atoms with van der Waals surface area (Å²) >= 11 is 0. The van der Waals surface area contributed by atoms with Gasteiger partial charge in [-0.25, -0.2) is 0 Å². The average Bonchev–Trinajstić information content (AvgIpc) is 2.85. The third-order valence-electron chi connectivity index (χ3n) is 4.33. The molecule has 0 aromatic carbocycles. The zero-order chi connectivity index (χ0) is 13.7. The number of carbonyl (C=O) groups excluding carboxylic acids is 1. The third kappa shape index (κ3) is 4.46. The number of carbonyl (C=O) groups is 1. The van der Waals surface area contributed by atoms with Crippen LogP contribution in [0.15, 0.2) is 0 Å². The van der Waals surface area contributed by atoms with Crippen LogP contribution in [-0.2, 0) is 9.53 Å². The van der Waals surface area contributed by atoms with E-state index in [2.05, 4.69) is 17.6 Å². The van der Waals surface area contributed by atoms with E-state index in [4.69, 9.17) is 4.74 Å². The highest BCUT2D eigenvalue weighted by atomic mass is 16.5. The van der Waals surface area contributed by atoms with Gasteiger partial charge >= 0.3 is 0 Å². The number of hydrogen-bond acceptors (Lipinski definition) is 3. The van der Waals surface area contributed by atoms with Crippen molar-refractivity contribution in [3.63, 3.8) is 0 Å². The van der Waals surface area contributed by atoms with Crippen molar-refractivity contribution in [1.29, 1.82) is 0 Å². The molecular weight excluding hydrogens is 240 g/mol. The second kappa shape index (κ2) is 7.25. The van der Waals surface area contributed by atoms with Crippen LogP contribution < -0.4 is 10.6 Å². The first-order valence-corrected chi connectivity index (χ1v) is 7.84. The van der Waals surface area contributed by atoms with Crippen molar-refractivity contribution < 1.29 is 9.53 Å². The summed E-state index contributed by atoms with van der Waals surface area (Å²) in [6.07, 6.45) is 6.89. The molecule has 2 rings (SSSR count). The van der Waals surface area contributed by atoms with E-state index >= 15 is 0 Å². The van der Waals surface area contributed by atoms with Crippen molar-refractivity contribution in [3.05, 3.63) is 0 Å². The van der Waals surface area contributed by atoms with Gasteiger partial charge in [0.15, 0.2) is 0 Å². The van der Waals surface area contributed by atoms with Gasteiger partial charge in [0.25, 0.3) is 0 Å². The molecule has 0 aromatic heterocycles. The van der Waals surface area contributed by atoms with Crippen molar-refractivity contribution in [1.82, 2.24) is 10.6 Å². The monoisotopic (exact) mass is 268 g/mol. The maximum absolute atomic E-state index is 12.1. The second-order valence-corrected chi connectivity index (χ2v) is 6.09. The molecule has 2 N–H and O–H groups in total. The van der Waals surface area contributed by atoms with E-state index in [-0.39, 0.29) is 17.9 Å². The molecule has 2 aliphatic rings. The predicted octanol–water partition coefficient (Wildman–Crippen LogP) is 1.84. The molecule has 1 saturated carbocycles. The van der Waals surface area contributed by atoms with Crippen LogP contribution in [0.1, 0.15) is 52.4 Å². The minimum absolute atomic E-state index is 0.0749. The lowest BCUT2D eigenvalue weighted by Crippen LogP contribution is -2.44. The van der Waals surface area contributed by atoms with Crippen molar-refractivity contribution >= 4 is 5.91 Å². The van der Waals surface area contributed by atoms with Crippen molar-refractivity contribution in [2.45, 2.75) is 70.6 Å². The topological polar surface area (TPSA) is 50.4 Å². The molecule has 110 valence electrons. The molecule has 0 aromatic rings. The zero-order valence-corrected chi connectivity index (χ0v) is 12.3. The van der Waals surface area contributed by atoms with Crippen LogP contribution in [0.5, 0.6) is 0 Å². The molecule has 0 bridgehead atoms. The minimum atomic E-state index is 0.0749. The Balaban J connectivity index is 1.66. The molecule has 2 unspecified atom stereocenters. The Morgan fingerprint density at radius 1 is 1.21 bits per heavy atom. The van der Waals surface area contributed by atoms with Gasteiger partial charge in [-0.05, 0) is 52.0 Å². The van der Waals surface area contributed by atoms with Crippen LogP contribution >= 0.6 is 0 Å². The number of ether oxygens (including phenoxy) is 1. The highest BCUT2D eigenvalue weighted by Crippen LogP contribution is 2.22. The van der Waals surface area contributed by atoms with E-state index < -0.39 is 0 Å². The van der Waals surface area contributed by atoms with Crippen molar-refractivity contribution in [3.8, 4) is 0 Å². The lowest BCUT2D eigenvalue weighted by molar-refractivity contribution is -0.125. The van der Waals surface area contributed by atoms with Gasteiger partial charge in [-0.2, -0.15) is 0 Å². The molecule has 0 radical (unpaired) electrons. The molecule has 2 fully saturated rings. The fraction of sp³-hybridized carbons (Fsp3) is 0.933. The molecule has 1 aliphatic heterocycles.